The van der Waals surface area contributed by atoms with Crippen molar-refractivity contribution in [2.75, 3.05) is 42.9 Å². The van der Waals surface area contributed by atoms with E-state index in [2.05, 4.69) is 27.0 Å². The Labute approximate surface area is 186 Å². The van der Waals surface area contributed by atoms with Crippen molar-refractivity contribution in [3.05, 3.63) is 63.7 Å². The summed E-state index contributed by atoms with van der Waals surface area (Å²) in [5, 5.41) is 3.47. The van der Waals surface area contributed by atoms with Crippen molar-refractivity contribution >= 4 is 40.4 Å². The number of amides is 1. The molecule has 0 spiro atoms. The molecule has 0 saturated carbocycles. The van der Waals surface area contributed by atoms with Crippen LogP contribution in [0.25, 0.3) is 10.9 Å². The largest absolute Gasteiger partial charge is 0.369 e. The Morgan fingerprint density at radius 2 is 1.77 bits per heavy atom. The summed E-state index contributed by atoms with van der Waals surface area (Å²) < 4.78 is 1.76. The number of anilines is 2. The number of carbonyl (C=O) groups excluding carboxylic acids is 1. The maximum atomic E-state index is 12.7. The number of hydrogen-bond acceptors (Lipinski definition) is 5. The smallest absolute Gasteiger partial charge is 0.262 e. The van der Waals surface area contributed by atoms with Crippen LogP contribution >= 0.6 is 12.2 Å². The normalized spacial score (nSPS) is 14.7. The quantitative estimate of drug-likeness (QED) is 0.580. The van der Waals surface area contributed by atoms with Gasteiger partial charge in [-0.25, -0.2) is 0 Å². The van der Waals surface area contributed by atoms with Gasteiger partial charge in [0.05, 0.1) is 10.9 Å². The van der Waals surface area contributed by atoms with Crippen molar-refractivity contribution in [3.63, 3.8) is 0 Å². The number of benzene rings is 2. The molecule has 1 amide bonds. The number of hydrogen-bond donors (Lipinski definition) is 2. The molecule has 2 aromatic carbocycles. The van der Waals surface area contributed by atoms with Gasteiger partial charge in [-0.3, -0.25) is 14.2 Å². The zero-order chi connectivity index (χ0) is 21.8. The van der Waals surface area contributed by atoms with E-state index in [-0.39, 0.29) is 24.4 Å². The second-order valence-corrected chi connectivity index (χ2v) is 8.09. The highest BCUT2D eigenvalue weighted by atomic mass is 32.1. The SMILES string of the molecule is CCN1CCN(c2ccc(NC(=O)CCn3c(=S)[nH]c4ccccc4c3=O)cc2)CC1. The van der Waals surface area contributed by atoms with Crippen molar-refractivity contribution in [1.29, 1.82) is 0 Å². The molecule has 162 valence electrons. The monoisotopic (exact) mass is 437 g/mol. The summed E-state index contributed by atoms with van der Waals surface area (Å²) >= 11 is 5.31. The van der Waals surface area contributed by atoms with Crippen LogP contribution < -0.4 is 15.8 Å². The lowest BCUT2D eigenvalue weighted by molar-refractivity contribution is -0.116. The third kappa shape index (κ3) is 4.86. The van der Waals surface area contributed by atoms with Crippen LogP contribution in [0.15, 0.2) is 53.3 Å². The number of rotatable bonds is 6. The average Bonchev–Trinajstić information content (AvgIpc) is 2.79. The minimum atomic E-state index is -0.181. The minimum Gasteiger partial charge on any atom is -0.369 e. The van der Waals surface area contributed by atoms with Crippen LogP contribution in [0.2, 0.25) is 0 Å². The fourth-order valence-corrected chi connectivity index (χ4v) is 4.20. The Morgan fingerprint density at radius 1 is 1.06 bits per heavy atom. The van der Waals surface area contributed by atoms with Gasteiger partial charge >= 0.3 is 0 Å². The van der Waals surface area contributed by atoms with Crippen LogP contribution in [-0.4, -0.2) is 53.1 Å². The fraction of sp³-hybridized carbons (Fsp3) is 0.348. The number of para-hydroxylation sites is 1. The topological polar surface area (TPSA) is 73.4 Å². The molecule has 0 unspecified atom stereocenters. The second-order valence-electron chi connectivity index (χ2n) is 7.70. The Kier molecular flexibility index (Phi) is 6.48. The Balaban J connectivity index is 1.36. The number of fused-ring (bicyclic) bond motifs is 1. The van der Waals surface area contributed by atoms with Gasteiger partial charge in [0, 0.05) is 50.5 Å². The van der Waals surface area contributed by atoms with Crippen LogP contribution in [-0.2, 0) is 11.3 Å². The maximum absolute atomic E-state index is 12.7. The van der Waals surface area contributed by atoms with Gasteiger partial charge in [0.2, 0.25) is 5.91 Å². The number of aromatic amines is 1. The van der Waals surface area contributed by atoms with E-state index in [1.807, 2.05) is 42.5 Å². The highest BCUT2D eigenvalue weighted by Gasteiger charge is 2.16. The molecule has 2 N–H and O–H groups in total. The maximum Gasteiger partial charge on any atom is 0.262 e. The summed E-state index contributed by atoms with van der Waals surface area (Å²) in [6.07, 6.45) is 0.163. The summed E-state index contributed by atoms with van der Waals surface area (Å²) in [6.45, 7) is 7.69. The van der Waals surface area contributed by atoms with Gasteiger partial charge in [-0.05, 0) is 55.2 Å². The van der Waals surface area contributed by atoms with Gasteiger partial charge in [0.15, 0.2) is 4.77 Å². The van der Waals surface area contributed by atoms with E-state index in [4.69, 9.17) is 12.2 Å². The molecule has 2 heterocycles. The molecule has 4 rings (SSSR count). The molecule has 0 atom stereocenters. The summed E-state index contributed by atoms with van der Waals surface area (Å²) in [5.41, 5.74) is 2.44. The number of likely N-dealkylation sites (N-methyl/N-ethyl adjacent to an activating group) is 1. The van der Waals surface area contributed by atoms with Gasteiger partial charge in [-0.15, -0.1) is 0 Å². The number of carbonyl (C=O) groups is 1. The number of piperazine rings is 1. The molecule has 7 nitrogen and oxygen atoms in total. The lowest BCUT2D eigenvalue weighted by Gasteiger charge is -2.35. The molecular formula is C23H27N5O2S. The molecule has 1 fully saturated rings. The first-order valence-electron chi connectivity index (χ1n) is 10.6. The molecule has 0 aliphatic carbocycles. The predicted octanol–water partition coefficient (Wildman–Crippen LogP) is 3.23. The summed E-state index contributed by atoms with van der Waals surface area (Å²) in [7, 11) is 0. The van der Waals surface area contributed by atoms with E-state index in [9.17, 15) is 9.59 Å². The first-order valence-corrected chi connectivity index (χ1v) is 11.0. The summed E-state index contributed by atoms with van der Waals surface area (Å²) in [5.74, 6) is -0.154. The van der Waals surface area contributed by atoms with E-state index >= 15 is 0 Å². The van der Waals surface area contributed by atoms with Crippen molar-refractivity contribution < 1.29 is 4.79 Å². The van der Waals surface area contributed by atoms with E-state index in [0.717, 1.165) is 38.4 Å². The molecule has 1 aliphatic rings. The molecule has 1 aromatic heterocycles. The predicted molar refractivity (Wildman–Crippen MR) is 127 cm³/mol. The molecule has 8 heteroatoms. The number of nitrogens with one attached hydrogen (secondary N) is 2. The van der Waals surface area contributed by atoms with Gasteiger partial charge < -0.3 is 20.1 Å². The van der Waals surface area contributed by atoms with E-state index in [0.29, 0.717) is 15.7 Å². The number of H-pyrrole nitrogens is 1. The van der Waals surface area contributed by atoms with E-state index in [1.165, 1.54) is 10.3 Å². The molecule has 1 saturated heterocycles. The van der Waals surface area contributed by atoms with Crippen LogP contribution in [0.3, 0.4) is 0 Å². The first-order chi connectivity index (χ1) is 15.0. The van der Waals surface area contributed by atoms with Gasteiger partial charge in [0.1, 0.15) is 0 Å². The summed E-state index contributed by atoms with van der Waals surface area (Å²) in [6, 6.07) is 15.2. The van der Waals surface area contributed by atoms with Crippen LogP contribution in [0.5, 0.6) is 0 Å². The zero-order valence-corrected chi connectivity index (χ0v) is 18.5. The molecule has 3 aromatic rings. The standard InChI is InChI=1S/C23H27N5O2S/c1-2-26-13-15-27(16-14-26)18-9-7-17(8-10-18)24-21(29)11-12-28-22(30)19-5-3-4-6-20(19)25-23(28)31/h3-10H,2,11-16H2,1H3,(H,24,29)(H,25,31). The van der Waals surface area contributed by atoms with Crippen LogP contribution in [0.1, 0.15) is 13.3 Å². The fourth-order valence-electron chi connectivity index (χ4n) is 3.92. The number of aromatic nitrogens is 2. The molecule has 0 radical (unpaired) electrons. The van der Waals surface area contributed by atoms with Crippen molar-refractivity contribution in [2.45, 2.75) is 19.9 Å². The second kappa shape index (κ2) is 9.45. The zero-order valence-electron chi connectivity index (χ0n) is 17.6. The van der Waals surface area contributed by atoms with Crippen molar-refractivity contribution in [1.82, 2.24) is 14.5 Å². The highest BCUT2D eigenvalue weighted by molar-refractivity contribution is 7.71. The molecule has 1 aliphatic heterocycles. The molecule has 0 bridgehead atoms. The average molecular weight is 438 g/mol. The van der Waals surface area contributed by atoms with Crippen LogP contribution in [0.4, 0.5) is 11.4 Å². The Hall–Kier alpha value is -2.97. The Morgan fingerprint density at radius 3 is 2.48 bits per heavy atom. The van der Waals surface area contributed by atoms with Crippen LogP contribution in [0, 0.1) is 4.77 Å². The minimum absolute atomic E-state index is 0.154. The van der Waals surface area contributed by atoms with Gasteiger partial charge in [0.25, 0.3) is 5.56 Å². The third-order valence-corrected chi connectivity index (χ3v) is 6.11. The molecule has 31 heavy (non-hydrogen) atoms. The van der Waals surface area contributed by atoms with Gasteiger partial charge in [-0.1, -0.05) is 19.1 Å². The summed E-state index contributed by atoms with van der Waals surface area (Å²) in [4.78, 5) is 33.0. The van der Waals surface area contributed by atoms with E-state index in [1.54, 1.807) is 6.07 Å². The lowest BCUT2D eigenvalue weighted by Crippen LogP contribution is -2.46. The van der Waals surface area contributed by atoms with E-state index < -0.39 is 0 Å². The molecular weight excluding hydrogens is 410 g/mol. The highest BCUT2D eigenvalue weighted by Crippen LogP contribution is 2.19. The first kappa shape index (κ1) is 21.3. The van der Waals surface area contributed by atoms with Gasteiger partial charge in [-0.2, -0.15) is 0 Å². The third-order valence-electron chi connectivity index (χ3n) is 5.79. The van der Waals surface area contributed by atoms with Crippen molar-refractivity contribution in [3.8, 4) is 0 Å². The van der Waals surface area contributed by atoms with Crippen molar-refractivity contribution in [2.24, 2.45) is 0 Å². The lowest BCUT2D eigenvalue weighted by atomic mass is 10.2. The Bertz CT molecular complexity index is 1180. The number of nitrogens with zero attached hydrogens (tertiary/aromatic N) is 3.